The quantitative estimate of drug-likeness (QED) is 0.787. The molecule has 2 rings (SSSR count). The molecule has 1 aromatic carbocycles. The minimum Gasteiger partial charge on any atom is -0.419 e. The highest BCUT2D eigenvalue weighted by atomic mass is 16.4. The first-order valence-electron chi connectivity index (χ1n) is 5.36. The maximum absolute atomic E-state index is 5.58. The predicted octanol–water partition coefficient (Wildman–Crippen LogP) is 2.19. The minimum atomic E-state index is 0.583. The molecule has 1 heterocycles. The molecule has 1 aromatic heterocycles. The largest absolute Gasteiger partial charge is 0.419 e. The molecule has 0 saturated carbocycles. The van der Waals surface area contributed by atoms with Gasteiger partial charge in [0.15, 0.2) is 0 Å². The second kappa shape index (κ2) is 4.90. The van der Waals surface area contributed by atoms with Gasteiger partial charge in [0.25, 0.3) is 0 Å². The van der Waals surface area contributed by atoms with Crippen LogP contribution in [0, 0.1) is 0 Å². The Hall–Kier alpha value is -1.68. The van der Waals surface area contributed by atoms with Crippen molar-refractivity contribution in [3.8, 4) is 11.5 Å². The number of nitrogens with zero attached hydrogens (tertiary/aromatic N) is 3. The molecule has 0 unspecified atom stereocenters. The van der Waals surface area contributed by atoms with Crippen LogP contribution in [0.4, 0.5) is 0 Å². The first-order chi connectivity index (χ1) is 7.79. The summed E-state index contributed by atoms with van der Waals surface area (Å²) >= 11 is 0. The molecule has 0 amide bonds. The summed E-state index contributed by atoms with van der Waals surface area (Å²) in [6.45, 7) is 3.74. The zero-order valence-electron chi connectivity index (χ0n) is 9.55. The van der Waals surface area contributed by atoms with Crippen molar-refractivity contribution in [1.82, 2.24) is 15.1 Å². The Balaban J connectivity index is 2.14. The minimum absolute atomic E-state index is 0.583. The standard InChI is InChI=1S/C12H15N3O/c1-3-15(2)9-11-13-14-12(16-11)10-7-5-4-6-8-10/h4-8H,3,9H2,1-2H3. The number of hydrogen-bond acceptors (Lipinski definition) is 4. The summed E-state index contributed by atoms with van der Waals surface area (Å²) in [6, 6.07) is 9.79. The van der Waals surface area contributed by atoms with Gasteiger partial charge in [0.1, 0.15) is 0 Å². The molecule has 0 aliphatic heterocycles. The van der Waals surface area contributed by atoms with Crippen molar-refractivity contribution in [2.24, 2.45) is 0 Å². The third kappa shape index (κ3) is 2.46. The molecule has 84 valence electrons. The average molecular weight is 217 g/mol. The fourth-order valence-corrected chi connectivity index (χ4v) is 1.36. The van der Waals surface area contributed by atoms with Gasteiger partial charge in [-0.25, -0.2) is 0 Å². The van der Waals surface area contributed by atoms with Crippen LogP contribution in [0.1, 0.15) is 12.8 Å². The highest BCUT2D eigenvalue weighted by molar-refractivity contribution is 5.51. The highest BCUT2D eigenvalue weighted by Crippen LogP contribution is 2.17. The van der Waals surface area contributed by atoms with E-state index in [-0.39, 0.29) is 0 Å². The van der Waals surface area contributed by atoms with Gasteiger partial charge in [0, 0.05) is 5.56 Å². The van der Waals surface area contributed by atoms with Crippen LogP contribution in [0.2, 0.25) is 0 Å². The molecule has 0 aliphatic rings. The summed E-state index contributed by atoms with van der Waals surface area (Å²) in [7, 11) is 2.02. The number of rotatable bonds is 4. The van der Waals surface area contributed by atoms with Crippen LogP contribution in [0.5, 0.6) is 0 Å². The van der Waals surface area contributed by atoms with E-state index in [0.29, 0.717) is 18.3 Å². The lowest BCUT2D eigenvalue weighted by Crippen LogP contribution is -2.16. The van der Waals surface area contributed by atoms with Crippen molar-refractivity contribution < 1.29 is 4.42 Å². The highest BCUT2D eigenvalue weighted by Gasteiger charge is 2.08. The molecule has 0 N–H and O–H groups in total. The summed E-state index contributed by atoms with van der Waals surface area (Å²) in [5, 5.41) is 8.05. The van der Waals surface area contributed by atoms with Crippen molar-refractivity contribution in [3.63, 3.8) is 0 Å². The lowest BCUT2D eigenvalue weighted by Gasteiger charge is -2.09. The first kappa shape index (κ1) is 10.8. The third-order valence-corrected chi connectivity index (χ3v) is 2.43. The zero-order valence-corrected chi connectivity index (χ0v) is 9.55. The maximum atomic E-state index is 5.58. The third-order valence-electron chi connectivity index (χ3n) is 2.43. The van der Waals surface area contributed by atoms with Gasteiger partial charge in [0.2, 0.25) is 11.8 Å². The molecule has 0 radical (unpaired) electrons. The van der Waals surface area contributed by atoms with Gasteiger partial charge in [-0.05, 0) is 25.7 Å². The van der Waals surface area contributed by atoms with Crippen molar-refractivity contribution in [1.29, 1.82) is 0 Å². The smallest absolute Gasteiger partial charge is 0.247 e. The van der Waals surface area contributed by atoms with E-state index >= 15 is 0 Å². The second-order valence-corrected chi connectivity index (χ2v) is 3.70. The summed E-state index contributed by atoms with van der Waals surface area (Å²) in [5.41, 5.74) is 0.959. The summed E-state index contributed by atoms with van der Waals surface area (Å²) in [6.07, 6.45) is 0. The van der Waals surface area contributed by atoms with Crippen molar-refractivity contribution >= 4 is 0 Å². The van der Waals surface area contributed by atoms with Gasteiger partial charge in [0.05, 0.1) is 6.54 Å². The molecule has 4 heteroatoms. The fraction of sp³-hybridized carbons (Fsp3) is 0.333. The topological polar surface area (TPSA) is 42.2 Å². The molecule has 0 aliphatic carbocycles. The van der Waals surface area contributed by atoms with E-state index in [1.165, 1.54) is 0 Å². The van der Waals surface area contributed by atoms with E-state index in [9.17, 15) is 0 Å². The lowest BCUT2D eigenvalue weighted by molar-refractivity contribution is 0.304. The molecular weight excluding hydrogens is 202 g/mol. The van der Waals surface area contributed by atoms with Gasteiger partial charge in [-0.15, -0.1) is 10.2 Å². The Morgan fingerprint density at radius 1 is 1.19 bits per heavy atom. The average Bonchev–Trinajstić information content (AvgIpc) is 2.78. The van der Waals surface area contributed by atoms with Crippen molar-refractivity contribution in [2.75, 3.05) is 13.6 Å². The Kier molecular flexibility index (Phi) is 3.31. The van der Waals surface area contributed by atoms with Crippen LogP contribution in [0.3, 0.4) is 0 Å². The molecule has 2 aromatic rings. The van der Waals surface area contributed by atoms with Crippen LogP contribution < -0.4 is 0 Å². The van der Waals surface area contributed by atoms with E-state index in [4.69, 9.17) is 4.42 Å². The molecule has 0 fully saturated rings. The number of benzene rings is 1. The molecule has 4 nitrogen and oxygen atoms in total. The first-order valence-corrected chi connectivity index (χ1v) is 5.36. The van der Waals surface area contributed by atoms with E-state index in [1.807, 2.05) is 37.4 Å². The maximum Gasteiger partial charge on any atom is 0.247 e. The molecule has 0 bridgehead atoms. The molecule has 0 saturated heterocycles. The number of aromatic nitrogens is 2. The van der Waals surface area contributed by atoms with E-state index in [1.54, 1.807) is 0 Å². The van der Waals surface area contributed by atoms with Crippen LogP contribution in [-0.2, 0) is 6.54 Å². The zero-order chi connectivity index (χ0) is 11.4. The molecule has 0 spiro atoms. The van der Waals surface area contributed by atoms with Crippen molar-refractivity contribution in [2.45, 2.75) is 13.5 Å². The number of hydrogen-bond donors (Lipinski definition) is 0. The van der Waals surface area contributed by atoms with Crippen LogP contribution in [0.25, 0.3) is 11.5 Å². The normalized spacial score (nSPS) is 10.9. The van der Waals surface area contributed by atoms with Gasteiger partial charge >= 0.3 is 0 Å². The van der Waals surface area contributed by atoms with Crippen LogP contribution in [0.15, 0.2) is 34.7 Å². The van der Waals surface area contributed by atoms with Gasteiger partial charge < -0.3 is 4.42 Å². The van der Waals surface area contributed by atoms with Gasteiger partial charge in [-0.1, -0.05) is 25.1 Å². The predicted molar refractivity (Wildman–Crippen MR) is 61.7 cm³/mol. The van der Waals surface area contributed by atoms with E-state index in [0.717, 1.165) is 12.1 Å². The van der Waals surface area contributed by atoms with Gasteiger partial charge in [-0.2, -0.15) is 0 Å². The van der Waals surface area contributed by atoms with Crippen LogP contribution in [-0.4, -0.2) is 28.7 Å². The monoisotopic (exact) mass is 217 g/mol. The Labute approximate surface area is 94.9 Å². The SMILES string of the molecule is CCN(C)Cc1nnc(-c2ccccc2)o1. The van der Waals surface area contributed by atoms with Crippen molar-refractivity contribution in [3.05, 3.63) is 36.2 Å². The summed E-state index contributed by atoms with van der Waals surface area (Å²) in [4.78, 5) is 2.11. The summed E-state index contributed by atoms with van der Waals surface area (Å²) in [5.74, 6) is 1.24. The van der Waals surface area contributed by atoms with E-state index < -0.39 is 0 Å². The van der Waals surface area contributed by atoms with Crippen LogP contribution >= 0.6 is 0 Å². The summed E-state index contributed by atoms with van der Waals surface area (Å²) < 4.78 is 5.58. The van der Waals surface area contributed by atoms with Gasteiger partial charge in [-0.3, -0.25) is 4.90 Å². The fourth-order valence-electron chi connectivity index (χ4n) is 1.36. The molecule has 16 heavy (non-hydrogen) atoms. The molecule has 0 atom stereocenters. The Bertz CT molecular complexity index is 439. The van der Waals surface area contributed by atoms with E-state index in [2.05, 4.69) is 22.0 Å². The Morgan fingerprint density at radius 3 is 2.62 bits per heavy atom. The Morgan fingerprint density at radius 2 is 1.94 bits per heavy atom. The lowest BCUT2D eigenvalue weighted by atomic mass is 10.2. The second-order valence-electron chi connectivity index (χ2n) is 3.70. The molecular formula is C12H15N3O.